The lowest BCUT2D eigenvalue weighted by Crippen LogP contribution is -2.58. The first-order chi connectivity index (χ1) is 18.1. The van der Waals surface area contributed by atoms with Crippen LogP contribution in [0.25, 0.3) is 22.2 Å². The molecule has 0 spiro atoms. The average Bonchev–Trinajstić information content (AvgIpc) is 3.31. The molecule has 0 saturated carbocycles. The Bertz CT molecular complexity index is 1340. The van der Waals surface area contributed by atoms with Gasteiger partial charge in [0.2, 0.25) is 5.91 Å². The molecule has 5 rings (SSSR count). The highest BCUT2D eigenvalue weighted by Gasteiger charge is 2.43. The van der Waals surface area contributed by atoms with E-state index < -0.39 is 11.2 Å². The number of hydrogen-bond acceptors (Lipinski definition) is 8. The van der Waals surface area contributed by atoms with Crippen LogP contribution < -0.4 is 5.32 Å². The Morgan fingerprint density at radius 1 is 1.24 bits per heavy atom. The number of amides is 1. The summed E-state index contributed by atoms with van der Waals surface area (Å²) in [6.45, 7) is 7.20. The molecule has 202 valence electrons. The zero-order valence-corrected chi connectivity index (χ0v) is 22.6. The summed E-state index contributed by atoms with van der Waals surface area (Å²) < 4.78 is 13.0. The highest BCUT2D eigenvalue weighted by atomic mass is 16.5. The largest absolute Gasteiger partial charge is 0.389 e. The second-order valence-corrected chi connectivity index (χ2v) is 11.1. The molecule has 10 nitrogen and oxygen atoms in total. The molecule has 1 amide bonds. The van der Waals surface area contributed by atoms with Crippen molar-refractivity contribution in [2.24, 2.45) is 5.92 Å². The van der Waals surface area contributed by atoms with E-state index in [2.05, 4.69) is 15.4 Å². The van der Waals surface area contributed by atoms with Crippen LogP contribution >= 0.6 is 0 Å². The van der Waals surface area contributed by atoms with E-state index in [0.717, 1.165) is 22.2 Å². The lowest BCUT2D eigenvalue weighted by atomic mass is 9.79. The Morgan fingerprint density at radius 2 is 2.03 bits per heavy atom. The molecule has 1 fully saturated rings. The number of carbonyl (C=O) groups excluding carboxylic acids is 1. The van der Waals surface area contributed by atoms with Crippen molar-refractivity contribution in [3.63, 3.8) is 0 Å². The quantitative estimate of drug-likeness (QED) is 0.436. The van der Waals surface area contributed by atoms with Crippen LogP contribution in [0.5, 0.6) is 0 Å². The van der Waals surface area contributed by atoms with Crippen molar-refractivity contribution in [1.29, 1.82) is 0 Å². The number of anilines is 1. The molecule has 3 aromatic heterocycles. The minimum absolute atomic E-state index is 0.114. The van der Waals surface area contributed by atoms with Gasteiger partial charge in [0.15, 0.2) is 0 Å². The fraction of sp³-hybridized carbons (Fsp3) is 0.500. The molecule has 2 aliphatic rings. The first kappa shape index (κ1) is 26.3. The number of rotatable bonds is 8. The van der Waals surface area contributed by atoms with Crippen molar-refractivity contribution in [2.45, 2.75) is 57.1 Å². The van der Waals surface area contributed by atoms with Crippen LogP contribution in [-0.2, 0) is 20.8 Å². The smallest absolute Gasteiger partial charge is 0.229 e. The van der Waals surface area contributed by atoms with Crippen molar-refractivity contribution < 1.29 is 19.4 Å². The minimum Gasteiger partial charge on any atom is -0.389 e. The van der Waals surface area contributed by atoms with E-state index in [1.807, 2.05) is 48.4 Å². The van der Waals surface area contributed by atoms with E-state index in [9.17, 15) is 9.90 Å². The highest BCUT2D eigenvalue weighted by Crippen LogP contribution is 2.34. The van der Waals surface area contributed by atoms with Gasteiger partial charge in [-0.15, -0.1) is 0 Å². The van der Waals surface area contributed by atoms with Gasteiger partial charge in [-0.25, -0.2) is 9.97 Å². The number of carbonyl (C=O) groups is 1. The van der Waals surface area contributed by atoms with Gasteiger partial charge in [-0.2, -0.15) is 5.10 Å². The number of aliphatic hydroxyl groups is 1. The zero-order chi connectivity index (χ0) is 27.1. The van der Waals surface area contributed by atoms with E-state index >= 15 is 0 Å². The fourth-order valence-electron chi connectivity index (χ4n) is 5.06. The number of likely N-dealkylation sites (tertiary alicyclic amines) is 1. The fourth-order valence-corrected chi connectivity index (χ4v) is 5.06. The summed E-state index contributed by atoms with van der Waals surface area (Å²) in [7, 11) is 3.36. The summed E-state index contributed by atoms with van der Waals surface area (Å²) in [4.78, 5) is 24.3. The Kier molecular flexibility index (Phi) is 6.97. The first-order valence-corrected chi connectivity index (χ1v) is 12.9. The molecule has 3 atom stereocenters. The average molecular weight is 521 g/mol. The topological polar surface area (TPSA) is 115 Å². The number of hydrogen-bond donors (Lipinski definition) is 2. The van der Waals surface area contributed by atoms with Gasteiger partial charge in [0, 0.05) is 56.7 Å². The van der Waals surface area contributed by atoms with Crippen molar-refractivity contribution in [2.75, 3.05) is 32.6 Å². The van der Waals surface area contributed by atoms with Crippen LogP contribution in [0.2, 0.25) is 0 Å². The second-order valence-electron chi connectivity index (χ2n) is 11.1. The summed E-state index contributed by atoms with van der Waals surface area (Å²) in [6.07, 6.45) is 10.1. The molecule has 3 unspecified atom stereocenters. The Labute approximate surface area is 222 Å². The summed E-state index contributed by atoms with van der Waals surface area (Å²) >= 11 is 0. The second kappa shape index (κ2) is 10.1. The lowest BCUT2D eigenvalue weighted by molar-refractivity contribution is -0.148. The van der Waals surface area contributed by atoms with Crippen LogP contribution in [0, 0.1) is 5.92 Å². The maximum atomic E-state index is 13.0. The predicted octanol–water partition coefficient (Wildman–Crippen LogP) is 2.88. The Morgan fingerprint density at radius 3 is 2.74 bits per heavy atom. The molecule has 38 heavy (non-hydrogen) atoms. The number of methoxy groups -OCH3 is 2. The van der Waals surface area contributed by atoms with Gasteiger partial charge in [0.25, 0.3) is 0 Å². The van der Waals surface area contributed by atoms with Gasteiger partial charge in [-0.3, -0.25) is 9.48 Å². The van der Waals surface area contributed by atoms with Crippen molar-refractivity contribution in [1.82, 2.24) is 24.6 Å². The van der Waals surface area contributed by atoms with Gasteiger partial charge in [0.1, 0.15) is 5.82 Å². The maximum Gasteiger partial charge on any atom is 0.229 e. The van der Waals surface area contributed by atoms with Crippen LogP contribution in [0.4, 0.5) is 5.82 Å². The van der Waals surface area contributed by atoms with Crippen molar-refractivity contribution in [3.05, 3.63) is 48.9 Å². The predicted molar refractivity (Wildman–Crippen MR) is 145 cm³/mol. The molecule has 3 aromatic rings. The minimum atomic E-state index is -0.855. The molecule has 4 heterocycles. The third-order valence-electron chi connectivity index (χ3n) is 7.45. The van der Waals surface area contributed by atoms with E-state index in [1.54, 1.807) is 45.1 Å². The number of pyridine rings is 2. The normalized spacial score (nSPS) is 24.0. The van der Waals surface area contributed by atoms with E-state index in [4.69, 9.17) is 14.5 Å². The standard InChI is InChI=1S/C28H36N6O4/c1-27(2,36)17-34-14-20(13-30-34)22-8-6-19-12-29-25(10-23(19)31-22)32-24-9-7-18(11-28(24,3)38-5)26(35)33-15-21(16-33)37-4/h6-10,12-14,18,21,24,36H,11,15-17H2,1-5H3,(H,29,32). The highest BCUT2D eigenvalue weighted by molar-refractivity contribution is 5.83. The van der Waals surface area contributed by atoms with Crippen LogP contribution in [0.1, 0.15) is 27.2 Å². The monoisotopic (exact) mass is 520 g/mol. The number of ether oxygens (including phenoxy) is 2. The molecule has 1 aliphatic carbocycles. The van der Waals surface area contributed by atoms with Gasteiger partial charge < -0.3 is 24.8 Å². The van der Waals surface area contributed by atoms with Crippen LogP contribution in [0.3, 0.4) is 0 Å². The summed E-state index contributed by atoms with van der Waals surface area (Å²) in [5, 5.41) is 18.9. The molecule has 10 heteroatoms. The maximum absolute atomic E-state index is 13.0. The van der Waals surface area contributed by atoms with Gasteiger partial charge in [0.05, 0.1) is 53.2 Å². The molecular formula is C28H36N6O4. The Hall–Kier alpha value is -3.34. The number of nitrogens with zero attached hydrogens (tertiary/aromatic N) is 5. The van der Waals surface area contributed by atoms with Crippen LogP contribution in [0.15, 0.2) is 48.9 Å². The summed E-state index contributed by atoms with van der Waals surface area (Å²) in [6, 6.07) is 5.68. The number of aromatic nitrogens is 4. The third kappa shape index (κ3) is 5.43. The van der Waals surface area contributed by atoms with Gasteiger partial charge in [-0.1, -0.05) is 12.2 Å². The van der Waals surface area contributed by atoms with E-state index in [-0.39, 0.29) is 24.0 Å². The molecule has 0 bridgehead atoms. The molecule has 0 aromatic carbocycles. The molecule has 1 saturated heterocycles. The van der Waals surface area contributed by atoms with Crippen molar-refractivity contribution >= 4 is 22.6 Å². The molecule has 0 radical (unpaired) electrons. The van der Waals surface area contributed by atoms with Crippen LogP contribution in [-0.4, -0.2) is 86.3 Å². The van der Waals surface area contributed by atoms with Gasteiger partial charge >= 0.3 is 0 Å². The van der Waals surface area contributed by atoms with E-state index in [0.29, 0.717) is 31.9 Å². The van der Waals surface area contributed by atoms with E-state index in [1.165, 1.54) is 0 Å². The Balaban J connectivity index is 1.33. The SMILES string of the molecule is COC1CN(C(=O)C2C=CC(Nc3cc4nc(-c5cnn(CC(C)(C)O)c5)ccc4cn3)C(C)(OC)C2)C1. The zero-order valence-electron chi connectivity index (χ0n) is 22.6. The van der Waals surface area contributed by atoms with Crippen molar-refractivity contribution in [3.8, 4) is 11.3 Å². The molecule has 1 aliphatic heterocycles. The lowest BCUT2D eigenvalue weighted by Gasteiger charge is -2.44. The molecular weight excluding hydrogens is 484 g/mol. The number of fused-ring (bicyclic) bond motifs is 1. The van der Waals surface area contributed by atoms with Gasteiger partial charge in [-0.05, 0) is 39.3 Å². The number of nitrogens with one attached hydrogen (secondary N) is 1. The molecule has 2 N–H and O–H groups in total. The third-order valence-corrected chi connectivity index (χ3v) is 7.45. The summed E-state index contributed by atoms with van der Waals surface area (Å²) in [5.41, 5.74) is 1.01. The first-order valence-electron chi connectivity index (χ1n) is 12.9. The summed E-state index contributed by atoms with van der Waals surface area (Å²) in [5.74, 6) is 0.554.